The highest BCUT2D eigenvalue weighted by Crippen LogP contribution is 2.49. The van der Waals surface area contributed by atoms with Gasteiger partial charge < -0.3 is 28.4 Å². The molecule has 0 unspecified atom stereocenters. The number of hydrogen-bond donors (Lipinski definition) is 0. The van der Waals surface area contributed by atoms with Gasteiger partial charge in [-0.3, -0.25) is 9.05 Å². The van der Waals surface area contributed by atoms with Crippen LogP contribution in [0.2, 0.25) is 0 Å². The van der Waals surface area contributed by atoms with Crippen LogP contribution < -0.4 is 0 Å². The molecule has 0 rings (SSSR count). The predicted molar refractivity (Wildman–Crippen MR) is 87.6 cm³/mol. The van der Waals surface area contributed by atoms with Gasteiger partial charge in [0.2, 0.25) is 0 Å². The van der Waals surface area contributed by atoms with Gasteiger partial charge >= 0.3 is 7.91 Å². The molecule has 0 spiro atoms. The topological polar surface area (TPSA) is 90.9 Å². The fourth-order valence-corrected chi connectivity index (χ4v) is 2.04. The fraction of sp³-hybridized carbons (Fsp3) is 1.00. The molecule has 0 saturated heterocycles. The number of methoxy groups -OCH3 is 2. The summed E-state index contributed by atoms with van der Waals surface area (Å²) in [6, 6.07) is 0. The van der Waals surface area contributed by atoms with Gasteiger partial charge in [-0.25, -0.2) is 4.57 Å². The molecule has 25 heavy (non-hydrogen) atoms. The van der Waals surface area contributed by atoms with Crippen molar-refractivity contribution in [1.29, 1.82) is 0 Å². The van der Waals surface area contributed by atoms with E-state index in [-0.39, 0.29) is 26.4 Å². The minimum atomic E-state index is -4.59. The van der Waals surface area contributed by atoms with Crippen molar-refractivity contribution in [3.8, 4) is 0 Å². The molecule has 0 aromatic carbocycles. The summed E-state index contributed by atoms with van der Waals surface area (Å²) in [4.78, 5) is 0. The van der Waals surface area contributed by atoms with E-state index in [1.54, 1.807) is 14.2 Å². The maximum Gasteiger partial charge on any atom is 0.513 e. The summed E-state index contributed by atoms with van der Waals surface area (Å²) in [6.45, 7) is 3.21. The van der Waals surface area contributed by atoms with Gasteiger partial charge in [0.15, 0.2) is 0 Å². The highest BCUT2D eigenvalue weighted by molar-refractivity contribution is 7.48. The molecule has 0 aromatic heterocycles. The molecule has 152 valence electrons. The average Bonchev–Trinajstić information content (AvgIpc) is 2.59. The molecule has 0 aliphatic carbocycles. The third kappa shape index (κ3) is 20.0. The molecule has 9 nitrogen and oxygen atoms in total. The van der Waals surface area contributed by atoms with Crippen molar-refractivity contribution in [3.63, 3.8) is 0 Å². The molecule has 11 heteroatoms. The van der Waals surface area contributed by atoms with Crippen LogP contribution in [0.4, 0.5) is 4.20 Å². The lowest BCUT2D eigenvalue weighted by molar-refractivity contribution is 0.00954. The van der Waals surface area contributed by atoms with Crippen LogP contribution in [0.3, 0.4) is 0 Å². The molecule has 0 aliphatic rings. The van der Waals surface area contributed by atoms with Crippen LogP contribution in [0.25, 0.3) is 0 Å². The summed E-state index contributed by atoms with van der Waals surface area (Å²) in [5, 5.41) is 0. The molecular weight excluding hydrogens is 362 g/mol. The van der Waals surface area contributed by atoms with Gasteiger partial charge in [-0.05, 0) is 0 Å². The van der Waals surface area contributed by atoms with E-state index in [9.17, 15) is 8.76 Å². The summed E-state index contributed by atoms with van der Waals surface area (Å²) in [5.41, 5.74) is 0. The third-order valence-electron chi connectivity index (χ3n) is 2.55. The van der Waals surface area contributed by atoms with Gasteiger partial charge in [0, 0.05) is 14.2 Å². The Bertz CT molecular complexity index is 297. The Labute approximate surface area is 148 Å². The van der Waals surface area contributed by atoms with E-state index in [2.05, 4.69) is 9.05 Å². The Morgan fingerprint density at radius 3 is 1.16 bits per heavy atom. The van der Waals surface area contributed by atoms with Gasteiger partial charge in [0.1, 0.15) is 0 Å². The molecule has 0 saturated carbocycles. The number of rotatable bonds is 20. The monoisotopic (exact) mass is 392 g/mol. The first-order chi connectivity index (χ1) is 12.1. The van der Waals surface area contributed by atoms with Gasteiger partial charge in [0.05, 0.1) is 79.3 Å². The van der Waals surface area contributed by atoms with Crippen LogP contribution >= 0.6 is 7.91 Å². The van der Waals surface area contributed by atoms with Crippen molar-refractivity contribution < 1.29 is 46.2 Å². The summed E-state index contributed by atoms with van der Waals surface area (Å²) in [7, 11) is -1.42. The molecule has 0 N–H and O–H groups in total. The second-order valence-electron chi connectivity index (χ2n) is 4.53. The predicted octanol–water partition coefficient (Wildman–Crippen LogP) is 1.46. The van der Waals surface area contributed by atoms with E-state index in [4.69, 9.17) is 28.4 Å². The van der Waals surface area contributed by atoms with Crippen molar-refractivity contribution in [1.82, 2.24) is 0 Å². The Balaban J connectivity index is 3.34. The van der Waals surface area contributed by atoms with Crippen molar-refractivity contribution in [2.24, 2.45) is 0 Å². The average molecular weight is 392 g/mol. The SMILES string of the molecule is COCCOCCOCCOP(=O)(F)OCCOCCOCCOC. The first kappa shape index (κ1) is 24.8. The standard InChI is InChI=1S/C14H30FO9P/c1-17-3-5-19-7-9-21-11-13-23-25(15,16)24-14-12-22-10-8-20-6-4-18-2/h3-14H2,1-2H3. The van der Waals surface area contributed by atoms with Crippen molar-refractivity contribution in [2.45, 2.75) is 0 Å². The summed E-state index contributed by atoms with van der Waals surface area (Å²) < 4.78 is 64.0. The van der Waals surface area contributed by atoms with Crippen molar-refractivity contribution >= 4 is 7.91 Å². The molecule has 0 aromatic rings. The highest BCUT2D eigenvalue weighted by atomic mass is 31.2. The lowest BCUT2D eigenvalue weighted by Gasteiger charge is -2.11. The second-order valence-corrected chi connectivity index (χ2v) is 5.91. The van der Waals surface area contributed by atoms with Crippen LogP contribution in [0.5, 0.6) is 0 Å². The van der Waals surface area contributed by atoms with E-state index in [0.717, 1.165) is 0 Å². The van der Waals surface area contributed by atoms with Gasteiger partial charge in [0.25, 0.3) is 0 Å². The normalized spacial score (nSPS) is 12.0. The first-order valence-corrected chi connectivity index (χ1v) is 9.43. The quantitative estimate of drug-likeness (QED) is 0.226. The van der Waals surface area contributed by atoms with E-state index in [1.807, 2.05) is 0 Å². The zero-order valence-corrected chi connectivity index (χ0v) is 15.9. The van der Waals surface area contributed by atoms with Crippen LogP contribution in [0, 0.1) is 0 Å². The first-order valence-electron chi connectivity index (χ1n) is 8.00. The Morgan fingerprint density at radius 2 is 0.840 bits per heavy atom. The van der Waals surface area contributed by atoms with E-state index >= 15 is 0 Å². The van der Waals surface area contributed by atoms with E-state index in [1.165, 1.54) is 0 Å². The Kier molecular flexibility index (Phi) is 18.5. The molecule has 0 heterocycles. The van der Waals surface area contributed by atoms with Crippen LogP contribution in [-0.2, 0) is 42.0 Å². The Morgan fingerprint density at radius 1 is 0.560 bits per heavy atom. The lowest BCUT2D eigenvalue weighted by atomic mass is 10.7. The number of ether oxygens (including phenoxy) is 6. The Hall–Kier alpha value is -0.160. The second kappa shape index (κ2) is 18.6. The van der Waals surface area contributed by atoms with Gasteiger partial charge in [-0.1, -0.05) is 0 Å². The van der Waals surface area contributed by atoms with Gasteiger partial charge in [-0.2, -0.15) is 0 Å². The van der Waals surface area contributed by atoms with Crippen LogP contribution in [-0.4, -0.2) is 93.5 Å². The minimum Gasteiger partial charge on any atom is -0.382 e. The summed E-state index contributed by atoms with van der Waals surface area (Å²) >= 11 is 0. The lowest BCUT2D eigenvalue weighted by Crippen LogP contribution is -2.12. The number of hydrogen-bond acceptors (Lipinski definition) is 9. The molecule has 0 amide bonds. The maximum atomic E-state index is 13.4. The highest BCUT2D eigenvalue weighted by Gasteiger charge is 2.23. The molecule has 0 aliphatic heterocycles. The molecule has 0 radical (unpaired) electrons. The summed E-state index contributed by atoms with van der Waals surface area (Å²) in [5.74, 6) is 0. The van der Waals surface area contributed by atoms with Crippen molar-refractivity contribution in [3.05, 3.63) is 0 Å². The molecule has 0 fully saturated rings. The van der Waals surface area contributed by atoms with E-state index in [0.29, 0.717) is 52.9 Å². The van der Waals surface area contributed by atoms with Crippen molar-refractivity contribution in [2.75, 3.05) is 93.5 Å². The number of halogens is 1. The zero-order chi connectivity index (χ0) is 18.6. The smallest absolute Gasteiger partial charge is 0.382 e. The maximum absolute atomic E-state index is 13.4. The van der Waals surface area contributed by atoms with Crippen LogP contribution in [0.1, 0.15) is 0 Å². The fourth-order valence-electron chi connectivity index (χ4n) is 1.38. The van der Waals surface area contributed by atoms with Crippen LogP contribution in [0.15, 0.2) is 0 Å². The zero-order valence-electron chi connectivity index (χ0n) is 15.0. The molecule has 0 bridgehead atoms. The largest absolute Gasteiger partial charge is 0.513 e. The van der Waals surface area contributed by atoms with E-state index < -0.39 is 7.91 Å². The molecule has 0 atom stereocenters. The minimum absolute atomic E-state index is 0.0836. The van der Waals surface area contributed by atoms with Gasteiger partial charge in [-0.15, -0.1) is 4.20 Å². The third-order valence-corrected chi connectivity index (χ3v) is 3.54. The molecular formula is C14H30FO9P. The summed E-state index contributed by atoms with van der Waals surface area (Å²) in [6.07, 6.45) is 0.